The summed E-state index contributed by atoms with van der Waals surface area (Å²) in [6.07, 6.45) is 3.24. The van der Waals surface area contributed by atoms with Crippen LogP contribution in [0.1, 0.15) is 36.9 Å². The summed E-state index contributed by atoms with van der Waals surface area (Å²) in [5.74, 6) is 0.727. The monoisotopic (exact) mass is 495 g/mol. The summed E-state index contributed by atoms with van der Waals surface area (Å²) in [7, 11) is 2.02. The van der Waals surface area contributed by atoms with E-state index in [2.05, 4.69) is 22.7 Å². The molecule has 7 nitrogen and oxygen atoms in total. The van der Waals surface area contributed by atoms with E-state index in [0.717, 1.165) is 60.6 Å². The molecule has 1 aliphatic rings. The summed E-state index contributed by atoms with van der Waals surface area (Å²) in [6.45, 7) is 5.26. The third-order valence-electron chi connectivity index (χ3n) is 7.09. The number of benzene rings is 2. The zero-order chi connectivity index (χ0) is 26.2. The van der Waals surface area contributed by atoms with E-state index in [4.69, 9.17) is 4.98 Å². The average molecular weight is 496 g/mol. The number of aliphatic imine (C=N–C) groups is 1. The number of aromatic nitrogens is 1. The van der Waals surface area contributed by atoms with Gasteiger partial charge in [-0.25, -0.2) is 4.79 Å². The maximum absolute atomic E-state index is 12.2. The van der Waals surface area contributed by atoms with Gasteiger partial charge in [-0.2, -0.15) is 5.26 Å². The van der Waals surface area contributed by atoms with Crippen LogP contribution < -0.4 is 4.90 Å². The van der Waals surface area contributed by atoms with Crippen LogP contribution in [0.3, 0.4) is 0 Å². The van der Waals surface area contributed by atoms with Gasteiger partial charge in [0.2, 0.25) is 0 Å². The summed E-state index contributed by atoms with van der Waals surface area (Å²) < 4.78 is 0. The average Bonchev–Trinajstić information content (AvgIpc) is 2.93. The minimum absolute atomic E-state index is 0.270. The number of carbonyl (C=O) groups is 1. The van der Waals surface area contributed by atoms with Crippen LogP contribution in [-0.2, 0) is 6.54 Å². The minimum atomic E-state index is -0.916. The predicted molar refractivity (Wildman–Crippen MR) is 147 cm³/mol. The van der Waals surface area contributed by atoms with Gasteiger partial charge in [-0.05, 0) is 68.1 Å². The molecule has 0 saturated heterocycles. The number of anilines is 1. The van der Waals surface area contributed by atoms with Gasteiger partial charge in [0.05, 0.1) is 40.9 Å². The highest BCUT2D eigenvalue weighted by Gasteiger charge is 2.27. The lowest BCUT2D eigenvalue weighted by atomic mass is 9.81. The van der Waals surface area contributed by atoms with Gasteiger partial charge in [0.1, 0.15) is 0 Å². The van der Waals surface area contributed by atoms with Crippen molar-refractivity contribution < 1.29 is 9.90 Å². The second-order valence-electron chi connectivity index (χ2n) is 9.80. The zero-order valence-corrected chi connectivity index (χ0v) is 21.3. The van der Waals surface area contributed by atoms with E-state index < -0.39 is 6.09 Å². The van der Waals surface area contributed by atoms with Crippen LogP contribution >= 0.6 is 0 Å². The van der Waals surface area contributed by atoms with Crippen LogP contribution in [0.2, 0.25) is 0 Å². The molecule has 0 bridgehead atoms. The molecular weight excluding hydrogens is 462 g/mol. The van der Waals surface area contributed by atoms with Crippen molar-refractivity contribution in [1.82, 2.24) is 9.88 Å². The highest BCUT2D eigenvalue weighted by molar-refractivity contribution is 5.71. The normalized spacial score (nSPS) is 17.0. The van der Waals surface area contributed by atoms with Gasteiger partial charge in [-0.3, -0.25) is 9.98 Å². The minimum Gasteiger partial charge on any atom is -0.465 e. The molecule has 1 amide bonds. The van der Waals surface area contributed by atoms with Crippen LogP contribution in [-0.4, -0.2) is 47.9 Å². The molecule has 1 N–H and O–H groups in total. The zero-order valence-electron chi connectivity index (χ0n) is 21.3. The Morgan fingerprint density at radius 3 is 2.57 bits per heavy atom. The van der Waals surface area contributed by atoms with E-state index in [9.17, 15) is 15.2 Å². The number of hydrogen-bond acceptors (Lipinski definition) is 5. The van der Waals surface area contributed by atoms with Crippen molar-refractivity contribution in [3.05, 3.63) is 78.0 Å². The second-order valence-corrected chi connectivity index (χ2v) is 9.80. The standard InChI is InChI=1S/C30H33N5O2/c1-32-28-15-14-22(18-31)17-29(28)34(2)19-23-8-6-9-24(16-23)20-35(30(36)37)21-26-12-7-13-27(33-26)25-10-4-3-5-11-25/h3-5,7,10-15,17,23-24H,1,6,8-9,16,19-21H2,2H3,(H,36,37). The highest BCUT2D eigenvalue weighted by Crippen LogP contribution is 2.34. The molecule has 0 aliphatic heterocycles. The van der Waals surface area contributed by atoms with Gasteiger partial charge >= 0.3 is 6.09 Å². The van der Waals surface area contributed by atoms with Crippen LogP contribution in [0.15, 0.2) is 71.7 Å². The molecule has 1 aliphatic carbocycles. The summed E-state index contributed by atoms with van der Waals surface area (Å²) in [4.78, 5) is 24.7. The van der Waals surface area contributed by atoms with Gasteiger partial charge < -0.3 is 14.9 Å². The number of hydrogen-bond donors (Lipinski definition) is 1. The second kappa shape index (κ2) is 12.2. The number of nitriles is 1. The molecule has 1 saturated carbocycles. The Morgan fingerprint density at radius 1 is 1.11 bits per heavy atom. The maximum Gasteiger partial charge on any atom is 0.407 e. The third kappa shape index (κ3) is 6.73. The largest absolute Gasteiger partial charge is 0.465 e. The third-order valence-corrected chi connectivity index (χ3v) is 7.09. The number of rotatable bonds is 9. The van der Waals surface area contributed by atoms with Crippen LogP contribution in [0.5, 0.6) is 0 Å². The topological polar surface area (TPSA) is 92.8 Å². The van der Waals surface area contributed by atoms with Crippen LogP contribution in [0, 0.1) is 23.2 Å². The van der Waals surface area contributed by atoms with E-state index in [1.807, 2.05) is 67.7 Å². The molecule has 3 aromatic rings. The molecule has 2 aromatic carbocycles. The van der Waals surface area contributed by atoms with Crippen molar-refractivity contribution in [3.8, 4) is 17.3 Å². The fourth-order valence-corrected chi connectivity index (χ4v) is 5.31. The molecule has 0 radical (unpaired) electrons. The first-order chi connectivity index (χ1) is 18.0. The summed E-state index contributed by atoms with van der Waals surface area (Å²) in [5, 5.41) is 19.3. The molecule has 1 heterocycles. The van der Waals surface area contributed by atoms with Gasteiger partial charge in [-0.1, -0.05) is 42.8 Å². The Hall–Kier alpha value is -4.18. The number of pyridine rings is 1. The van der Waals surface area contributed by atoms with Gasteiger partial charge in [-0.15, -0.1) is 0 Å². The van der Waals surface area contributed by atoms with E-state index in [-0.39, 0.29) is 6.54 Å². The van der Waals surface area contributed by atoms with Crippen molar-refractivity contribution >= 4 is 24.2 Å². The lowest BCUT2D eigenvalue weighted by Gasteiger charge is -2.35. The fraction of sp³-hybridized carbons (Fsp3) is 0.333. The molecular formula is C30H33N5O2. The lowest BCUT2D eigenvalue weighted by molar-refractivity contribution is 0.121. The van der Waals surface area contributed by atoms with E-state index in [1.54, 1.807) is 6.07 Å². The van der Waals surface area contributed by atoms with Gasteiger partial charge in [0.15, 0.2) is 0 Å². The van der Waals surface area contributed by atoms with Crippen molar-refractivity contribution in [3.63, 3.8) is 0 Å². The van der Waals surface area contributed by atoms with E-state index in [0.29, 0.717) is 23.9 Å². The van der Waals surface area contributed by atoms with Crippen molar-refractivity contribution in [2.45, 2.75) is 32.2 Å². The van der Waals surface area contributed by atoms with Crippen molar-refractivity contribution in [1.29, 1.82) is 5.26 Å². The lowest BCUT2D eigenvalue weighted by Crippen LogP contribution is -2.37. The Labute approximate surface area is 218 Å². The summed E-state index contributed by atoms with van der Waals surface area (Å²) >= 11 is 0. The molecule has 1 fully saturated rings. The molecule has 37 heavy (non-hydrogen) atoms. The van der Waals surface area contributed by atoms with E-state index >= 15 is 0 Å². The fourth-order valence-electron chi connectivity index (χ4n) is 5.31. The molecule has 1 aromatic heterocycles. The predicted octanol–water partition coefficient (Wildman–Crippen LogP) is 6.38. The molecule has 2 unspecified atom stereocenters. The number of carboxylic acid groups (broad SMARTS) is 1. The Bertz CT molecular complexity index is 1270. The molecule has 4 rings (SSSR count). The highest BCUT2D eigenvalue weighted by atomic mass is 16.4. The first-order valence-corrected chi connectivity index (χ1v) is 12.7. The SMILES string of the molecule is C=Nc1ccc(C#N)cc1N(C)CC1CCCC(CN(Cc2cccc(-c3ccccc3)n2)C(=O)O)C1. The molecule has 2 atom stereocenters. The Kier molecular flexibility index (Phi) is 8.52. The summed E-state index contributed by atoms with van der Waals surface area (Å²) in [5.41, 5.74) is 4.86. The Balaban J connectivity index is 1.40. The first kappa shape index (κ1) is 25.9. The van der Waals surface area contributed by atoms with Crippen LogP contribution in [0.25, 0.3) is 11.3 Å². The quantitative estimate of drug-likeness (QED) is 0.348. The van der Waals surface area contributed by atoms with Crippen molar-refractivity contribution in [2.24, 2.45) is 16.8 Å². The molecule has 0 spiro atoms. The Morgan fingerprint density at radius 2 is 1.86 bits per heavy atom. The maximum atomic E-state index is 12.2. The first-order valence-electron chi connectivity index (χ1n) is 12.7. The van der Waals surface area contributed by atoms with E-state index in [1.165, 1.54) is 4.90 Å². The summed E-state index contributed by atoms with van der Waals surface area (Å²) in [6, 6.07) is 23.3. The van der Waals surface area contributed by atoms with Crippen LogP contribution in [0.4, 0.5) is 16.2 Å². The smallest absolute Gasteiger partial charge is 0.407 e. The number of amides is 1. The van der Waals surface area contributed by atoms with Gasteiger partial charge in [0.25, 0.3) is 0 Å². The molecule has 7 heteroatoms. The number of nitrogens with zero attached hydrogens (tertiary/aromatic N) is 5. The van der Waals surface area contributed by atoms with Gasteiger partial charge in [0, 0.05) is 25.7 Å². The van der Waals surface area contributed by atoms with Crippen molar-refractivity contribution in [2.75, 3.05) is 25.0 Å². The molecule has 190 valence electrons.